The van der Waals surface area contributed by atoms with Crippen LogP contribution in [0.5, 0.6) is 0 Å². The molecule has 2 atom stereocenters. The van der Waals surface area contributed by atoms with Gasteiger partial charge in [0.15, 0.2) is 0 Å². The van der Waals surface area contributed by atoms with E-state index in [0.717, 1.165) is 18.5 Å². The molecule has 7 nitrogen and oxygen atoms in total. The Kier molecular flexibility index (Phi) is 7.77. The third kappa shape index (κ3) is 5.79. The number of likely N-dealkylation sites (tertiary alicyclic amines) is 1. The van der Waals surface area contributed by atoms with Crippen LogP contribution in [-0.2, 0) is 14.3 Å². The van der Waals surface area contributed by atoms with E-state index in [0.29, 0.717) is 36.9 Å². The van der Waals surface area contributed by atoms with Gasteiger partial charge < -0.3 is 19.9 Å². The number of rotatable bonds is 8. The van der Waals surface area contributed by atoms with E-state index < -0.39 is 6.04 Å². The van der Waals surface area contributed by atoms with Crippen LogP contribution < -0.4 is 5.32 Å². The van der Waals surface area contributed by atoms with Crippen LogP contribution in [0.3, 0.4) is 0 Å². The third-order valence-corrected chi connectivity index (χ3v) is 8.50. The molecule has 1 aliphatic heterocycles. The van der Waals surface area contributed by atoms with Gasteiger partial charge >= 0.3 is 0 Å². The molecule has 1 aromatic heterocycles. The molecule has 3 fully saturated rings. The largest absolute Gasteiger partial charge is 0.376 e. The summed E-state index contributed by atoms with van der Waals surface area (Å²) in [5, 5.41) is 3.00. The van der Waals surface area contributed by atoms with Crippen molar-refractivity contribution in [3.8, 4) is 0 Å². The van der Waals surface area contributed by atoms with E-state index in [1.807, 2.05) is 31.9 Å². The molecule has 3 aliphatic rings. The number of nitrogens with one attached hydrogen (secondary N) is 2. The topological polar surface area (TPSA) is 87.3 Å². The standard InChI is InChI=1S/C26H42N4O3.2H2/c1-18(2)24(31)29-23(19(3)33-16-20-5-11-26(12-6-20)9-4-10-26)25(32)30-13-7-21(8-14-30)22-15-27-17-28-22;;/h15,17-21,23H,4-14,16H2,1-3H3,(H,27,28)(H,29,31);2*1H. The Hall–Kier alpha value is -1.89. The molecule has 2 unspecified atom stereocenters. The quantitative estimate of drug-likeness (QED) is 0.595. The van der Waals surface area contributed by atoms with Crippen molar-refractivity contribution in [2.24, 2.45) is 17.3 Å². The molecule has 2 amide bonds. The molecular formula is C26H46N4O3. The lowest BCUT2D eigenvalue weighted by Crippen LogP contribution is -2.56. The number of hydrogen-bond donors (Lipinski definition) is 2. The first-order valence-corrected chi connectivity index (χ1v) is 13.1. The molecule has 0 aromatic carbocycles. The highest BCUT2D eigenvalue weighted by atomic mass is 16.5. The van der Waals surface area contributed by atoms with Crippen molar-refractivity contribution in [2.45, 2.75) is 96.6 Å². The summed E-state index contributed by atoms with van der Waals surface area (Å²) >= 11 is 0. The van der Waals surface area contributed by atoms with Crippen molar-refractivity contribution >= 4 is 11.8 Å². The molecule has 1 aromatic rings. The molecule has 2 heterocycles. The Labute approximate surface area is 201 Å². The van der Waals surface area contributed by atoms with Crippen LogP contribution in [0.25, 0.3) is 0 Å². The number of nitrogens with zero attached hydrogens (tertiary/aromatic N) is 2. The Balaban J connectivity index is 0.00000216. The number of piperidine rings is 1. The number of aromatic amines is 1. The number of carbonyl (C=O) groups excluding carboxylic acids is 2. The number of amides is 2. The summed E-state index contributed by atoms with van der Waals surface area (Å²) in [5.41, 5.74) is 1.79. The molecule has 7 heteroatoms. The van der Waals surface area contributed by atoms with Crippen LogP contribution in [0.1, 0.15) is 93.0 Å². The van der Waals surface area contributed by atoms with Gasteiger partial charge in [0, 0.05) is 46.3 Å². The number of hydrogen-bond acceptors (Lipinski definition) is 4. The van der Waals surface area contributed by atoms with Gasteiger partial charge in [-0.1, -0.05) is 20.3 Å². The summed E-state index contributed by atoms with van der Waals surface area (Å²) in [5.74, 6) is 0.688. The van der Waals surface area contributed by atoms with Gasteiger partial charge in [0.25, 0.3) is 0 Å². The van der Waals surface area contributed by atoms with Crippen molar-refractivity contribution < 1.29 is 17.2 Å². The van der Waals surface area contributed by atoms with E-state index in [-0.39, 0.29) is 26.7 Å². The van der Waals surface area contributed by atoms with Gasteiger partial charge in [-0.3, -0.25) is 9.59 Å². The Morgan fingerprint density at radius 1 is 1.18 bits per heavy atom. The summed E-state index contributed by atoms with van der Waals surface area (Å²) in [6.07, 6.45) is 14.4. The predicted molar refractivity (Wildman–Crippen MR) is 132 cm³/mol. The highest BCUT2D eigenvalue weighted by Crippen LogP contribution is 2.52. The van der Waals surface area contributed by atoms with E-state index in [1.165, 1.54) is 44.9 Å². The van der Waals surface area contributed by atoms with Gasteiger partial charge in [0.05, 0.1) is 12.4 Å². The van der Waals surface area contributed by atoms with Crippen molar-refractivity contribution in [1.29, 1.82) is 0 Å². The monoisotopic (exact) mass is 462 g/mol. The molecule has 2 N–H and O–H groups in total. The normalized spacial score (nSPS) is 23.3. The van der Waals surface area contributed by atoms with Crippen LogP contribution in [0, 0.1) is 17.3 Å². The summed E-state index contributed by atoms with van der Waals surface area (Å²) in [4.78, 5) is 35.2. The molecule has 0 radical (unpaired) electrons. The van der Waals surface area contributed by atoms with Crippen molar-refractivity contribution in [3.05, 3.63) is 18.2 Å². The van der Waals surface area contributed by atoms with E-state index in [1.54, 1.807) is 6.33 Å². The molecule has 2 aliphatic carbocycles. The zero-order valence-corrected chi connectivity index (χ0v) is 20.6. The lowest BCUT2D eigenvalue weighted by molar-refractivity contribution is -0.143. The summed E-state index contributed by atoms with van der Waals surface area (Å²) in [7, 11) is 0. The van der Waals surface area contributed by atoms with Crippen LogP contribution >= 0.6 is 0 Å². The second-order valence-electron chi connectivity index (χ2n) is 11.1. The maximum Gasteiger partial charge on any atom is 0.247 e. The third-order valence-electron chi connectivity index (χ3n) is 8.50. The van der Waals surface area contributed by atoms with Gasteiger partial charge in [-0.05, 0) is 69.6 Å². The van der Waals surface area contributed by atoms with Crippen LogP contribution in [0.2, 0.25) is 0 Å². The van der Waals surface area contributed by atoms with E-state index in [4.69, 9.17) is 4.74 Å². The highest BCUT2D eigenvalue weighted by Gasteiger charge is 2.40. The molecule has 33 heavy (non-hydrogen) atoms. The predicted octanol–water partition coefficient (Wildman–Crippen LogP) is 4.51. The maximum atomic E-state index is 13.5. The van der Waals surface area contributed by atoms with Gasteiger partial charge in [-0.2, -0.15) is 0 Å². The Bertz CT molecular complexity index is 783. The van der Waals surface area contributed by atoms with E-state index in [2.05, 4.69) is 15.3 Å². The average Bonchev–Trinajstić information content (AvgIpc) is 3.35. The number of H-pyrrole nitrogens is 1. The maximum absolute atomic E-state index is 13.5. The first kappa shape index (κ1) is 24.2. The van der Waals surface area contributed by atoms with Crippen molar-refractivity contribution in [3.63, 3.8) is 0 Å². The zero-order valence-electron chi connectivity index (χ0n) is 20.6. The second-order valence-corrected chi connectivity index (χ2v) is 11.1. The van der Waals surface area contributed by atoms with Gasteiger partial charge in [0.1, 0.15) is 6.04 Å². The van der Waals surface area contributed by atoms with Crippen LogP contribution in [-0.4, -0.2) is 58.5 Å². The number of aromatic nitrogens is 2. The number of ether oxygens (including phenoxy) is 1. The first-order valence-electron chi connectivity index (χ1n) is 13.1. The molecule has 1 spiro atoms. The molecule has 4 rings (SSSR count). The Morgan fingerprint density at radius 3 is 2.42 bits per heavy atom. The fourth-order valence-electron chi connectivity index (χ4n) is 5.81. The fraction of sp³-hybridized carbons (Fsp3) is 0.808. The van der Waals surface area contributed by atoms with Gasteiger partial charge in [0.2, 0.25) is 11.8 Å². The second kappa shape index (κ2) is 10.6. The minimum Gasteiger partial charge on any atom is -0.376 e. The van der Waals surface area contributed by atoms with Crippen molar-refractivity contribution in [1.82, 2.24) is 20.2 Å². The summed E-state index contributed by atoms with van der Waals surface area (Å²) in [6, 6.07) is -0.634. The Morgan fingerprint density at radius 2 is 1.88 bits per heavy atom. The van der Waals surface area contributed by atoms with Crippen molar-refractivity contribution in [2.75, 3.05) is 19.7 Å². The fourth-order valence-corrected chi connectivity index (χ4v) is 5.81. The number of carbonyl (C=O) groups is 2. The van der Waals surface area contributed by atoms with E-state index >= 15 is 0 Å². The van der Waals surface area contributed by atoms with Crippen LogP contribution in [0.15, 0.2) is 12.5 Å². The minimum atomic E-state index is -0.634. The SMILES string of the molecule is CC(C)C(=O)NC(C(=O)N1CCC(c2cnc[nH]2)CC1)C(C)OCC1CCC2(CCC2)CC1.[HH].[HH]. The summed E-state index contributed by atoms with van der Waals surface area (Å²) < 4.78 is 6.26. The molecule has 188 valence electrons. The molecule has 1 saturated heterocycles. The van der Waals surface area contributed by atoms with E-state index in [9.17, 15) is 9.59 Å². The minimum absolute atomic E-state index is 0. The summed E-state index contributed by atoms with van der Waals surface area (Å²) in [6.45, 7) is 7.71. The number of imidazole rings is 1. The average molecular weight is 463 g/mol. The first-order chi connectivity index (χ1) is 15.9. The lowest BCUT2D eigenvalue weighted by atomic mass is 9.59. The lowest BCUT2D eigenvalue weighted by Gasteiger charge is -2.47. The van der Waals surface area contributed by atoms with Gasteiger partial charge in [-0.25, -0.2) is 4.98 Å². The van der Waals surface area contributed by atoms with Crippen LogP contribution in [0.4, 0.5) is 0 Å². The molecular weight excluding hydrogens is 416 g/mol. The van der Waals surface area contributed by atoms with Gasteiger partial charge in [-0.15, -0.1) is 0 Å². The highest BCUT2D eigenvalue weighted by molar-refractivity contribution is 5.88. The zero-order chi connectivity index (χ0) is 23.4. The molecule has 2 saturated carbocycles. The molecule has 0 bridgehead atoms. The smallest absolute Gasteiger partial charge is 0.247 e.